The maximum Gasteiger partial charge on any atom is 0.329 e. The van der Waals surface area contributed by atoms with Crippen LogP contribution >= 0.6 is 11.6 Å². The zero-order chi connectivity index (χ0) is 21.0. The molecule has 3 amide bonds. The normalized spacial score (nSPS) is 21.7. The number of rotatable bonds is 7. The van der Waals surface area contributed by atoms with Gasteiger partial charge in [-0.1, -0.05) is 35.9 Å². The van der Waals surface area contributed by atoms with Crippen LogP contribution in [0.1, 0.15) is 25.3 Å². The minimum atomic E-state index is -1.06. The van der Waals surface area contributed by atoms with E-state index in [0.29, 0.717) is 30.8 Å². The summed E-state index contributed by atoms with van der Waals surface area (Å²) in [6.07, 6.45) is 5.36. The minimum absolute atomic E-state index is 0.347. The Morgan fingerprint density at radius 3 is 2.48 bits per heavy atom. The Kier molecular flexibility index (Phi) is 6.69. The summed E-state index contributed by atoms with van der Waals surface area (Å²) in [5, 5.41) is 3.28. The molecule has 0 aromatic heterocycles. The van der Waals surface area contributed by atoms with Crippen LogP contribution in [0.15, 0.2) is 36.4 Å². The van der Waals surface area contributed by atoms with E-state index in [2.05, 4.69) is 5.32 Å². The summed E-state index contributed by atoms with van der Waals surface area (Å²) in [6.45, 7) is 1.34. The molecule has 29 heavy (non-hydrogen) atoms. The fourth-order valence-electron chi connectivity index (χ4n) is 3.66. The van der Waals surface area contributed by atoms with Crippen LogP contribution in [0.3, 0.4) is 0 Å². The molecule has 0 radical (unpaired) electrons. The predicted octanol–water partition coefficient (Wildman–Crippen LogP) is 1.88. The highest BCUT2D eigenvalue weighted by molar-refractivity contribution is 6.30. The van der Waals surface area contributed by atoms with Gasteiger partial charge in [-0.25, -0.2) is 4.79 Å². The van der Waals surface area contributed by atoms with Crippen LogP contribution in [-0.4, -0.2) is 47.8 Å². The number of esters is 1. The minimum Gasteiger partial charge on any atom is -0.454 e. The fourth-order valence-corrected chi connectivity index (χ4v) is 3.87. The number of hydrogen-bond donors (Lipinski definition) is 1. The van der Waals surface area contributed by atoms with Crippen LogP contribution in [0.2, 0.25) is 5.02 Å². The lowest BCUT2D eigenvalue weighted by molar-refractivity contribution is -0.159. The van der Waals surface area contributed by atoms with Crippen LogP contribution < -0.4 is 5.32 Å². The van der Waals surface area contributed by atoms with Crippen molar-refractivity contribution in [1.82, 2.24) is 10.2 Å². The molecule has 3 rings (SSSR count). The van der Waals surface area contributed by atoms with E-state index in [1.54, 1.807) is 6.07 Å². The van der Waals surface area contributed by atoms with E-state index in [1.807, 2.05) is 30.4 Å². The molecule has 2 aliphatic rings. The van der Waals surface area contributed by atoms with Gasteiger partial charge in [0.25, 0.3) is 5.91 Å². The molecule has 1 aliphatic heterocycles. The van der Waals surface area contributed by atoms with Crippen LogP contribution in [0.4, 0.5) is 0 Å². The lowest BCUT2D eigenvalue weighted by Gasteiger charge is -2.21. The molecule has 7 nitrogen and oxygen atoms in total. The van der Waals surface area contributed by atoms with Gasteiger partial charge in [-0.2, -0.15) is 0 Å². The smallest absolute Gasteiger partial charge is 0.329 e. The number of carbonyl (C=O) groups excluding carboxylic acids is 4. The Labute approximate surface area is 174 Å². The summed E-state index contributed by atoms with van der Waals surface area (Å²) in [6, 6.07) is 6.25. The Bertz CT molecular complexity index is 827. The number of nitrogens with zero attached hydrogens (tertiary/aromatic N) is 1. The van der Waals surface area contributed by atoms with Gasteiger partial charge in [0.1, 0.15) is 6.04 Å². The standard InChI is InChI=1S/C21H23ClN2O5/c1-13(24-19(26)16-7-2-3-8-17(16)20(24)27)21(28)29-12-18(25)23-10-9-14-5-4-6-15(22)11-14/h2-6,11,13,16-17H,7-10,12H2,1H3,(H,23,25)/t13-,16-,17-/m0/s1. The molecule has 1 aromatic rings. The molecular formula is C21H23ClN2O5. The van der Waals surface area contributed by atoms with Gasteiger partial charge < -0.3 is 10.1 Å². The molecule has 0 spiro atoms. The Hall–Kier alpha value is -2.67. The zero-order valence-corrected chi connectivity index (χ0v) is 16.9. The van der Waals surface area contributed by atoms with Gasteiger partial charge in [0, 0.05) is 11.6 Å². The Balaban J connectivity index is 1.44. The molecule has 1 heterocycles. The molecule has 0 bridgehead atoms. The highest BCUT2D eigenvalue weighted by atomic mass is 35.5. The first-order valence-corrected chi connectivity index (χ1v) is 9.96. The average molecular weight is 419 g/mol. The summed E-state index contributed by atoms with van der Waals surface area (Å²) in [7, 11) is 0. The molecule has 154 valence electrons. The van der Waals surface area contributed by atoms with Gasteiger partial charge in [0.15, 0.2) is 6.61 Å². The highest BCUT2D eigenvalue weighted by Gasteiger charge is 2.50. The SMILES string of the molecule is C[C@@H](C(=O)OCC(=O)NCCc1cccc(Cl)c1)N1C(=O)[C@H]2CC=CC[C@@H]2C1=O. The quantitative estimate of drug-likeness (QED) is 0.414. The lowest BCUT2D eigenvalue weighted by atomic mass is 9.85. The lowest BCUT2D eigenvalue weighted by Crippen LogP contribution is -2.45. The monoisotopic (exact) mass is 418 g/mol. The first-order chi connectivity index (χ1) is 13.9. The zero-order valence-electron chi connectivity index (χ0n) is 16.1. The number of carbonyl (C=O) groups is 4. The van der Waals surface area contributed by atoms with Gasteiger partial charge in [0.05, 0.1) is 11.8 Å². The second-order valence-corrected chi connectivity index (χ2v) is 7.65. The number of allylic oxidation sites excluding steroid dienone is 2. The Morgan fingerprint density at radius 1 is 1.21 bits per heavy atom. The third-order valence-corrected chi connectivity index (χ3v) is 5.48. The Morgan fingerprint density at radius 2 is 1.86 bits per heavy atom. The van der Waals surface area contributed by atoms with Crippen molar-refractivity contribution in [2.75, 3.05) is 13.2 Å². The first-order valence-electron chi connectivity index (χ1n) is 9.58. The number of ether oxygens (including phenoxy) is 1. The molecular weight excluding hydrogens is 396 g/mol. The second-order valence-electron chi connectivity index (χ2n) is 7.22. The van der Waals surface area contributed by atoms with Crippen molar-refractivity contribution in [1.29, 1.82) is 0 Å². The number of likely N-dealkylation sites (tertiary alicyclic amines) is 1. The summed E-state index contributed by atoms with van der Waals surface area (Å²) in [5.41, 5.74) is 0.977. The number of nitrogens with one attached hydrogen (secondary N) is 1. The molecule has 1 N–H and O–H groups in total. The topological polar surface area (TPSA) is 92.8 Å². The first kappa shape index (κ1) is 21.0. The van der Waals surface area contributed by atoms with Gasteiger partial charge in [-0.15, -0.1) is 0 Å². The summed E-state index contributed by atoms with van der Waals surface area (Å²) >= 11 is 5.91. The van der Waals surface area contributed by atoms with Crippen molar-refractivity contribution in [2.45, 2.75) is 32.2 Å². The van der Waals surface area contributed by atoms with E-state index in [-0.39, 0.29) is 11.8 Å². The van der Waals surface area contributed by atoms with Crippen LogP contribution in [0, 0.1) is 11.8 Å². The van der Waals surface area contributed by atoms with Crippen molar-refractivity contribution in [3.05, 3.63) is 47.0 Å². The average Bonchev–Trinajstić information content (AvgIpc) is 2.96. The van der Waals surface area contributed by atoms with Crippen molar-refractivity contribution in [3.63, 3.8) is 0 Å². The van der Waals surface area contributed by atoms with Crippen molar-refractivity contribution >= 4 is 35.3 Å². The molecule has 1 saturated heterocycles. The van der Waals surface area contributed by atoms with E-state index in [0.717, 1.165) is 10.5 Å². The van der Waals surface area contributed by atoms with Crippen LogP contribution in [0.5, 0.6) is 0 Å². The predicted molar refractivity (Wildman–Crippen MR) is 106 cm³/mol. The molecule has 8 heteroatoms. The maximum absolute atomic E-state index is 12.5. The van der Waals surface area contributed by atoms with Crippen LogP contribution in [-0.2, 0) is 30.3 Å². The summed E-state index contributed by atoms with van der Waals surface area (Å²) in [5.74, 6) is -2.73. The van der Waals surface area contributed by atoms with Crippen molar-refractivity contribution in [2.24, 2.45) is 11.8 Å². The largest absolute Gasteiger partial charge is 0.454 e. The third kappa shape index (κ3) is 4.85. The maximum atomic E-state index is 12.5. The van der Waals surface area contributed by atoms with Crippen LogP contribution in [0.25, 0.3) is 0 Å². The molecule has 1 fully saturated rings. The van der Waals surface area contributed by atoms with E-state index in [4.69, 9.17) is 16.3 Å². The summed E-state index contributed by atoms with van der Waals surface area (Å²) in [4.78, 5) is 50.2. The number of halogens is 1. The molecule has 3 atom stereocenters. The van der Waals surface area contributed by atoms with Crippen molar-refractivity contribution < 1.29 is 23.9 Å². The highest BCUT2D eigenvalue weighted by Crippen LogP contribution is 2.36. The number of fused-ring (bicyclic) bond motifs is 1. The number of imide groups is 1. The fraction of sp³-hybridized carbons (Fsp3) is 0.429. The summed E-state index contributed by atoms with van der Waals surface area (Å²) < 4.78 is 5.02. The van der Waals surface area contributed by atoms with Crippen molar-refractivity contribution in [3.8, 4) is 0 Å². The molecule has 0 saturated carbocycles. The molecule has 0 unspecified atom stereocenters. The second kappa shape index (κ2) is 9.22. The van der Waals surface area contributed by atoms with E-state index >= 15 is 0 Å². The van der Waals surface area contributed by atoms with E-state index in [1.165, 1.54) is 6.92 Å². The molecule has 1 aliphatic carbocycles. The number of hydrogen-bond acceptors (Lipinski definition) is 5. The molecule has 1 aromatic carbocycles. The van der Waals surface area contributed by atoms with Gasteiger partial charge in [-0.3, -0.25) is 19.3 Å². The van der Waals surface area contributed by atoms with E-state index in [9.17, 15) is 19.2 Å². The van der Waals surface area contributed by atoms with Gasteiger partial charge in [-0.05, 0) is 43.9 Å². The third-order valence-electron chi connectivity index (χ3n) is 5.24. The van der Waals surface area contributed by atoms with E-state index < -0.39 is 36.4 Å². The van der Waals surface area contributed by atoms with Gasteiger partial charge >= 0.3 is 5.97 Å². The van der Waals surface area contributed by atoms with Gasteiger partial charge in [0.2, 0.25) is 11.8 Å². The number of benzene rings is 1. The number of amides is 3.